The van der Waals surface area contributed by atoms with Crippen LogP contribution in [0.1, 0.15) is 53.9 Å². The molecule has 6 heteroatoms. The number of amides is 2. The zero-order chi connectivity index (χ0) is 16.6. The van der Waals surface area contributed by atoms with Crippen LogP contribution < -0.4 is 5.32 Å². The van der Waals surface area contributed by atoms with Gasteiger partial charge in [-0.05, 0) is 18.8 Å². The summed E-state index contributed by atoms with van der Waals surface area (Å²) in [4.78, 5) is 34.6. The number of rotatable bonds is 9. The van der Waals surface area contributed by atoms with Crippen LogP contribution in [0.4, 0.5) is 0 Å². The smallest absolute Gasteiger partial charge is 0.233 e. The second kappa shape index (κ2) is 8.77. The number of nitrogens with one attached hydrogen (secondary N) is 1. The molecule has 0 aliphatic rings. The molecule has 0 saturated heterocycles. The lowest BCUT2D eigenvalue weighted by atomic mass is 9.84. The second-order valence-corrected chi connectivity index (χ2v) is 6.48. The minimum absolute atomic E-state index is 0.0654. The number of hydroxylamine groups is 2. The molecule has 0 aromatic rings. The van der Waals surface area contributed by atoms with E-state index < -0.39 is 12.0 Å². The lowest BCUT2D eigenvalue weighted by molar-refractivity contribution is -0.155. The summed E-state index contributed by atoms with van der Waals surface area (Å²) in [5.41, 5.74) is -0.389. The zero-order valence-corrected chi connectivity index (χ0v) is 13.7. The molecule has 0 aliphatic carbocycles. The van der Waals surface area contributed by atoms with Gasteiger partial charge in [-0.15, -0.1) is 0 Å². The molecule has 0 aromatic carbocycles. The van der Waals surface area contributed by atoms with Crippen molar-refractivity contribution in [2.24, 2.45) is 11.3 Å². The summed E-state index contributed by atoms with van der Waals surface area (Å²) in [6.45, 7) is 9.02. The van der Waals surface area contributed by atoms with E-state index in [2.05, 4.69) is 5.32 Å². The summed E-state index contributed by atoms with van der Waals surface area (Å²) < 4.78 is 0. The van der Waals surface area contributed by atoms with Crippen molar-refractivity contribution in [3.63, 3.8) is 0 Å². The number of carbonyl (C=O) groups is 3. The quantitative estimate of drug-likeness (QED) is 0.386. The van der Waals surface area contributed by atoms with Gasteiger partial charge in [0, 0.05) is 0 Å². The van der Waals surface area contributed by atoms with Crippen LogP contribution >= 0.6 is 0 Å². The van der Waals surface area contributed by atoms with E-state index in [1.807, 2.05) is 27.7 Å². The Labute approximate surface area is 126 Å². The summed E-state index contributed by atoms with van der Waals surface area (Å²) in [7, 11) is 0. The Kier molecular flexibility index (Phi) is 8.17. The van der Waals surface area contributed by atoms with Gasteiger partial charge in [0.2, 0.25) is 12.3 Å². The maximum atomic E-state index is 12.3. The number of hydrogen-bond donors (Lipinski definition) is 2. The summed E-state index contributed by atoms with van der Waals surface area (Å²) in [5.74, 6) is -0.940. The van der Waals surface area contributed by atoms with Crippen molar-refractivity contribution in [1.82, 2.24) is 10.4 Å². The fourth-order valence-electron chi connectivity index (χ4n) is 2.21. The van der Waals surface area contributed by atoms with Gasteiger partial charge in [0.15, 0.2) is 5.78 Å². The maximum Gasteiger partial charge on any atom is 0.233 e. The molecule has 0 unspecified atom stereocenters. The van der Waals surface area contributed by atoms with E-state index in [-0.39, 0.29) is 30.1 Å². The number of Topliss-reactive ketones (excluding diaryl/α,β-unsaturated/α-hetero) is 1. The number of ketones is 1. The standard InChI is InChI=1S/C15H28N2O4/c1-6-7-8-12(9-17(21)10-18)14(20)16-13(11(2)19)15(3,4)5/h10,12-13,21H,6-9H2,1-5H3,(H,16,20)/t12-,13-/m1/s1. The molecule has 6 nitrogen and oxygen atoms in total. The molecule has 0 aromatic heterocycles. The molecule has 2 N–H and O–H groups in total. The van der Waals surface area contributed by atoms with Crippen LogP contribution in [-0.2, 0) is 14.4 Å². The fraction of sp³-hybridized carbons (Fsp3) is 0.800. The third-order valence-corrected chi connectivity index (χ3v) is 3.37. The van der Waals surface area contributed by atoms with Gasteiger partial charge < -0.3 is 5.32 Å². The van der Waals surface area contributed by atoms with Crippen molar-refractivity contribution in [2.75, 3.05) is 6.54 Å². The van der Waals surface area contributed by atoms with E-state index in [4.69, 9.17) is 0 Å². The van der Waals surface area contributed by atoms with E-state index in [0.717, 1.165) is 12.8 Å². The molecular weight excluding hydrogens is 272 g/mol. The number of hydrogen-bond acceptors (Lipinski definition) is 4. The number of carbonyl (C=O) groups excluding carboxylic acids is 3. The van der Waals surface area contributed by atoms with Crippen LogP contribution in [0.15, 0.2) is 0 Å². The molecule has 0 spiro atoms. The highest BCUT2D eigenvalue weighted by atomic mass is 16.5. The fourth-order valence-corrected chi connectivity index (χ4v) is 2.21. The van der Waals surface area contributed by atoms with Crippen molar-refractivity contribution in [3.8, 4) is 0 Å². The molecule has 0 aliphatic heterocycles. The third kappa shape index (κ3) is 7.22. The predicted octanol–water partition coefficient (Wildman–Crippen LogP) is 1.76. The average molecular weight is 300 g/mol. The zero-order valence-electron chi connectivity index (χ0n) is 13.7. The summed E-state index contributed by atoms with van der Waals surface area (Å²) in [5, 5.41) is 12.5. The Hall–Kier alpha value is -1.43. The first kappa shape index (κ1) is 19.6. The largest absolute Gasteiger partial charge is 0.345 e. The highest BCUT2D eigenvalue weighted by Gasteiger charge is 2.32. The number of unbranched alkanes of at least 4 members (excludes halogenated alkanes) is 1. The van der Waals surface area contributed by atoms with Gasteiger partial charge in [0.25, 0.3) is 0 Å². The van der Waals surface area contributed by atoms with E-state index in [0.29, 0.717) is 11.5 Å². The molecule has 122 valence electrons. The molecule has 21 heavy (non-hydrogen) atoms. The van der Waals surface area contributed by atoms with E-state index in [1.165, 1.54) is 6.92 Å². The van der Waals surface area contributed by atoms with Crippen molar-refractivity contribution in [1.29, 1.82) is 0 Å². The van der Waals surface area contributed by atoms with Crippen LogP contribution in [0.3, 0.4) is 0 Å². The van der Waals surface area contributed by atoms with Gasteiger partial charge in [-0.25, -0.2) is 5.06 Å². The van der Waals surface area contributed by atoms with Gasteiger partial charge in [0.05, 0.1) is 18.5 Å². The molecule has 0 heterocycles. The average Bonchev–Trinajstić information content (AvgIpc) is 2.38. The van der Waals surface area contributed by atoms with Crippen molar-refractivity contribution < 1.29 is 19.6 Å². The summed E-state index contributed by atoms with van der Waals surface area (Å²) in [6, 6.07) is -0.586. The Morgan fingerprint density at radius 3 is 2.29 bits per heavy atom. The first-order valence-electron chi connectivity index (χ1n) is 7.35. The highest BCUT2D eigenvalue weighted by molar-refractivity contribution is 5.89. The Balaban J connectivity index is 4.92. The lowest BCUT2D eigenvalue weighted by Gasteiger charge is -2.31. The molecule has 0 rings (SSSR count). The van der Waals surface area contributed by atoms with Crippen molar-refractivity contribution >= 4 is 18.1 Å². The van der Waals surface area contributed by atoms with Crippen LogP contribution in [0.25, 0.3) is 0 Å². The topological polar surface area (TPSA) is 86.7 Å². The van der Waals surface area contributed by atoms with E-state index in [1.54, 1.807) is 0 Å². The monoisotopic (exact) mass is 300 g/mol. The minimum atomic E-state index is -0.586. The summed E-state index contributed by atoms with van der Waals surface area (Å²) >= 11 is 0. The van der Waals surface area contributed by atoms with Crippen LogP contribution in [0.5, 0.6) is 0 Å². The normalized spacial score (nSPS) is 14.2. The lowest BCUT2D eigenvalue weighted by Crippen LogP contribution is -2.51. The highest BCUT2D eigenvalue weighted by Crippen LogP contribution is 2.21. The van der Waals surface area contributed by atoms with Gasteiger partial charge in [0.1, 0.15) is 0 Å². The Morgan fingerprint density at radius 2 is 1.90 bits per heavy atom. The third-order valence-electron chi connectivity index (χ3n) is 3.37. The van der Waals surface area contributed by atoms with Gasteiger partial charge in [-0.1, -0.05) is 40.5 Å². The van der Waals surface area contributed by atoms with Crippen LogP contribution in [0.2, 0.25) is 0 Å². The molecular formula is C15H28N2O4. The molecule has 0 radical (unpaired) electrons. The molecule has 0 saturated carbocycles. The molecule has 0 fully saturated rings. The van der Waals surface area contributed by atoms with E-state index in [9.17, 15) is 19.6 Å². The SMILES string of the molecule is CCCC[C@H](CN(O)C=O)C(=O)N[C@H](C(C)=O)C(C)(C)C. The molecule has 2 amide bonds. The van der Waals surface area contributed by atoms with E-state index >= 15 is 0 Å². The van der Waals surface area contributed by atoms with Crippen molar-refractivity contribution in [3.05, 3.63) is 0 Å². The molecule has 2 atom stereocenters. The van der Waals surface area contributed by atoms with Crippen LogP contribution in [-0.4, -0.2) is 41.0 Å². The molecule has 0 bridgehead atoms. The van der Waals surface area contributed by atoms with Crippen LogP contribution in [0, 0.1) is 11.3 Å². The van der Waals surface area contributed by atoms with Gasteiger partial charge >= 0.3 is 0 Å². The Bertz CT molecular complexity index is 363. The van der Waals surface area contributed by atoms with Gasteiger partial charge in [-0.2, -0.15) is 0 Å². The number of nitrogens with zero attached hydrogens (tertiary/aromatic N) is 1. The second-order valence-electron chi connectivity index (χ2n) is 6.48. The maximum absolute atomic E-state index is 12.3. The van der Waals surface area contributed by atoms with Crippen molar-refractivity contribution in [2.45, 2.75) is 59.9 Å². The first-order valence-corrected chi connectivity index (χ1v) is 7.35. The minimum Gasteiger partial charge on any atom is -0.345 e. The summed E-state index contributed by atoms with van der Waals surface area (Å²) in [6.07, 6.45) is 2.55. The predicted molar refractivity (Wildman–Crippen MR) is 79.6 cm³/mol. The first-order chi connectivity index (χ1) is 9.63. The van der Waals surface area contributed by atoms with Gasteiger partial charge in [-0.3, -0.25) is 19.6 Å². The Morgan fingerprint density at radius 1 is 1.33 bits per heavy atom.